The number of nitrogens with two attached hydrogens (primary N) is 1. The van der Waals surface area contributed by atoms with Crippen LogP contribution in [0.1, 0.15) is 21.9 Å². The molecule has 1 amide bonds. The molecule has 2 heterocycles. The minimum atomic E-state index is -4.72. The van der Waals surface area contributed by atoms with Gasteiger partial charge in [-0.05, 0) is 19.1 Å². The number of carbonyl (C=O) groups excluding carboxylic acids is 1. The van der Waals surface area contributed by atoms with Gasteiger partial charge in [0.2, 0.25) is 0 Å². The van der Waals surface area contributed by atoms with Crippen LogP contribution in [0, 0.1) is 6.92 Å². The van der Waals surface area contributed by atoms with Crippen molar-refractivity contribution in [3.8, 4) is 0 Å². The molecule has 0 fully saturated rings. The first-order valence-electron chi connectivity index (χ1n) is 5.84. The molecule has 2 rings (SSSR count). The first-order valence-corrected chi connectivity index (χ1v) is 5.84. The van der Waals surface area contributed by atoms with Gasteiger partial charge in [0.05, 0.1) is 5.69 Å². The SMILES string of the molecule is Cc1cc(NC(=O)c2ccc(N)c(C(F)(F)F)n2)nn1C. The highest BCUT2D eigenvalue weighted by molar-refractivity contribution is 6.02. The molecular weight excluding hydrogens is 287 g/mol. The average molecular weight is 299 g/mol. The summed E-state index contributed by atoms with van der Waals surface area (Å²) in [5.41, 5.74) is 3.80. The largest absolute Gasteiger partial charge is 0.435 e. The highest BCUT2D eigenvalue weighted by atomic mass is 19.4. The Morgan fingerprint density at radius 3 is 2.57 bits per heavy atom. The lowest BCUT2D eigenvalue weighted by Gasteiger charge is -2.10. The van der Waals surface area contributed by atoms with Gasteiger partial charge in [0, 0.05) is 18.8 Å². The number of anilines is 2. The third-order valence-corrected chi connectivity index (χ3v) is 2.78. The van der Waals surface area contributed by atoms with Crippen molar-refractivity contribution in [1.82, 2.24) is 14.8 Å². The van der Waals surface area contributed by atoms with Gasteiger partial charge >= 0.3 is 6.18 Å². The molecule has 3 N–H and O–H groups in total. The summed E-state index contributed by atoms with van der Waals surface area (Å²) in [4.78, 5) is 15.2. The van der Waals surface area contributed by atoms with Gasteiger partial charge in [-0.2, -0.15) is 18.3 Å². The molecule has 0 atom stereocenters. The number of halogens is 3. The molecule has 0 saturated carbocycles. The minimum Gasteiger partial charge on any atom is -0.397 e. The van der Waals surface area contributed by atoms with E-state index in [0.29, 0.717) is 0 Å². The fraction of sp³-hybridized carbons (Fsp3) is 0.250. The first-order chi connectivity index (χ1) is 9.68. The second-order valence-corrected chi connectivity index (χ2v) is 4.38. The first kappa shape index (κ1) is 14.8. The Morgan fingerprint density at radius 2 is 2.05 bits per heavy atom. The smallest absolute Gasteiger partial charge is 0.397 e. The van der Waals surface area contributed by atoms with Crippen molar-refractivity contribution in [3.05, 3.63) is 35.3 Å². The van der Waals surface area contributed by atoms with E-state index in [1.165, 1.54) is 4.68 Å². The van der Waals surface area contributed by atoms with Gasteiger partial charge in [0.1, 0.15) is 5.69 Å². The highest BCUT2D eigenvalue weighted by Gasteiger charge is 2.35. The molecule has 6 nitrogen and oxygen atoms in total. The topological polar surface area (TPSA) is 85.8 Å². The lowest BCUT2D eigenvalue weighted by Crippen LogP contribution is -2.19. The molecule has 0 aromatic carbocycles. The summed E-state index contributed by atoms with van der Waals surface area (Å²) in [7, 11) is 1.67. The van der Waals surface area contributed by atoms with Crippen LogP contribution in [0.4, 0.5) is 24.7 Å². The summed E-state index contributed by atoms with van der Waals surface area (Å²) in [6, 6.07) is 3.70. The molecule has 0 saturated heterocycles. The Morgan fingerprint density at radius 1 is 1.38 bits per heavy atom. The zero-order valence-corrected chi connectivity index (χ0v) is 11.2. The Bertz CT molecular complexity index is 673. The molecule has 112 valence electrons. The van der Waals surface area contributed by atoms with E-state index in [1.807, 2.05) is 0 Å². The van der Waals surface area contributed by atoms with Gasteiger partial charge in [-0.3, -0.25) is 9.48 Å². The van der Waals surface area contributed by atoms with Gasteiger partial charge in [0.25, 0.3) is 5.91 Å². The number of nitrogen functional groups attached to an aromatic ring is 1. The molecule has 0 aliphatic rings. The van der Waals surface area contributed by atoms with E-state index in [-0.39, 0.29) is 11.5 Å². The van der Waals surface area contributed by atoms with Crippen molar-refractivity contribution >= 4 is 17.4 Å². The summed E-state index contributed by atoms with van der Waals surface area (Å²) in [5.74, 6) is -0.564. The zero-order valence-electron chi connectivity index (χ0n) is 11.2. The second-order valence-electron chi connectivity index (χ2n) is 4.38. The number of nitrogens with zero attached hydrogens (tertiary/aromatic N) is 3. The molecule has 0 radical (unpaired) electrons. The summed E-state index contributed by atoms with van der Waals surface area (Å²) in [6.07, 6.45) is -4.72. The highest BCUT2D eigenvalue weighted by Crippen LogP contribution is 2.31. The van der Waals surface area contributed by atoms with E-state index in [4.69, 9.17) is 5.73 Å². The number of rotatable bonds is 2. The van der Waals surface area contributed by atoms with Crippen LogP contribution in [0.25, 0.3) is 0 Å². The lowest BCUT2D eigenvalue weighted by molar-refractivity contribution is -0.140. The fourth-order valence-electron chi connectivity index (χ4n) is 1.63. The number of aryl methyl sites for hydroxylation is 2. The fourth-order valence-corrected chi connectivity index (χ4v) is 1.63. The van der Waals surface area contributed by atoms with E-state index >= 15 is 0 Å². The maximum atomic E-state index is 12.7. The number of hydrogen-bond acceptors (Lipinski definition) is 4. The summed E-state index contributed by atoms with van der Waals surface area (Å²) < 4.78 is 39.6. The number of aromatic nitrogens is 3. The maximum Gasteiger partial charge on any atom is 0.435 e. The van der Waals surface area contributed by atoms with E-state index in [0.717, 1.165) is 17.8 Å². The molecule has 0 bridgehead atoms. The second kappa shape index (κ2) is 5.08. The molecule has 21 heavy (non-hydrogen) atoms. The summed E-state index contributed by atoms with van der Waals surface area (Å²) in [6.45, 7) is 1.77. The van der Waals surface area contributed by atoms with Crippen LogP contribution in [0.3, 0.4) is 0 Å². The molecule has 2 aromatic heterocycles. The average Bonchev–Trinajstić information content (AvgIpc) is 2.67. The predicted octanol–water partition coefficient (Wildman–Crippen LogP) is 1.98. The zero-order chi connectivity index (χ0) is 15.8. The van der Waals surface area contributed by atoms with E-state index in [9.17, 15) is 18.0 Å². The summed E-state index contributed by atoms with van der Waals surface area (Å²) >= 11 is 0. The molecular formula is C12H12F3N5O. The van der Waals surface area contributed by atoms with Crippen LogP contribution >= 0.6 is 0 Å². The van der Waals surface area contributed by atoms with Gasteiger partial charge in [-0.25, -0.2) is 4.98 Å². The van der Waals surface area contributed by atoms with Gasteiger partial charge in [-0.15, -0.1) is 0 Å². The molecule has 2 aromatic rings. The van der Waals surface area contributed by atoms with E-state index in [1.54, 1.807) is 20.0 Å². The Kier molecular flexibility index (Phi) is 3.58. The van der Waals surface area contributed by atoms with Crippen LogP contribution in [0.5, 0.6) is 0 Å². The molecule has 0 aliphatic heterocycles. The number of amides is 1. The Balaban J connectivity index is 2.27. The predicted molar refractivity (Wildman–Crippen MR) is 69.5 cm³/mol. The van der Waals surface area contributed by atoms with Gasteiger partial charge < -0.3 is 11.1 Å². The van der Waals surface area contributed by atoms with E-state index in [2.05, 4.69) is 15.4 Å². The van der Waals surface area contributed by atoms with Crippen molar-refractivity contribution in [3.63, 3.8) is 0 Å². The lowest BCUT2D eigenvalue weighted by atomic mass is 10.2. The third kappa shape index (κ3) is 3.12. The maximum absolute atomic E-state index is 12.7. The number of hydrogen-bond donors (Lipinski definition) is 2. The Hall–Kier alpha value is -2.58. The molecule has 9 heteroatoms. The molecule has 0 unspecified atom stereocenters. The number of carbonyl (C=O) groups is 1. The number of alkyl halides is 3. The summed E-state index contributed by atoms with van der Waals surface area (Å²) in [5, 5.41) is 6.35. The van der Waals surface area contributed by atoms with Crippen molar-refractivity contribution in [2.75, 3.05) is 11.1 Å². The number of pyridine rings is 1. The standard InChI is InChI=1S/C12H12F3N5O/c1-6-5-9(19-20(6)2)18-11(21)8-4-3-7(16)10(17-8)12(13,14)15/h3-5H,16H2,1-2H3,(H,18,19,21). The van der Waals surface area contributed by atoms with Crippen molar-refractivity contribution in [2.24, 2.45) is 7.05 Å². The van der Waals surface area contributed by atoms with Gasteiger partial charge in [0.15, 0.2) is 11.5 Å². The quantitative estimate of drug-likeness (QED) is 0.887. The Labute approximate surface area is 117 Å². The normalized spacial score (nSPS) is 11.5. The van der Waals surface area contributed by atoms with Crippen molar-refractivity contribution in [2.45, 2.75) is 13.1 Å². The molecule has 0 aliphatic carbocycles. The van der Waals surface area contributed by atoms with Crippen LogP contribution < -0.4 is 11.1 Å². The third-order valence-electron chi connectivity index (χ3n) is 2.78. The van der Waals surface area contributed by atoms with Crippen molar-refractivity contribution in [1.29, 1.82) is 0 Å². The molecule has 0 spiro atoms. The van der Waals surface area contributed by atoms with Crippen LogP contribution in [0.15, 0.2) is 18.2 Å². The van der Waals surface area contributed by atoms with Crippen LogP contribution in [-0.2, 0) is 13.2 Å². The van der Waals surface area contributed by atoms with E-state index < -0.39 is 23.5 Å². The van der Waals surface area contributed by atoms with Crippen LogP contribution in [0.2, 0.25) is 0 Å². The van der Waals surface area contributed by atoms with Crippen molar-refractivity contribution < 1.29 is 18.0 Å². The van der Waals surface area contributed by atoms with Gasteiger partial charge in [-0.1, -0.05) is 0 Å². The minimum absolute atomic E-state index is 0.229. The van der Waals surface area contributed by atoms with Crippen LogP contribution in [-0.4, -0.2) is 20.7 Å². The number of nitrogens with one attached hydrogen (secondary N) is 1. The monoisotopic (exact) mass is 299 g/mol.